The molecule has 0 spiro atoms. The van der Waals surface area contributed by atoms with Gasteiger partial charge in [-0.15, -0.1) is 0 Å². The molecule has 2 aliphatic rings. The Morgan fingerprint density at radius 3 is 2.50 bits per heavy atom. The molecule has 20 heavy (non-hydrogen) atoms. The highest BCUT2D eigenvalue weighted by Gasteiger charge is 2.41. The first-order valence-electron chi connectivity index (χ1n) is 6.67. The van der Waals surface area contributed by atoms with Crippen LogP contribution in [0.1, 0.15) is 41.7 Å². The van der Waals surface area contributed by atoms with E-state index in [0.717, 1.165) is 18.9 Å². The SMILES string of the molecule is O=C(c1ncccc1C(F)(F)F)C1CC2CCC(C1)S2. The van der Waals surface area contributed by atoms with E-state index in [1.807, 2.05) is 11.8 Å². The zero-order valence-corrected chi connectivity index (χ0v) is 11.5. The van der Waals surface area contributed by atoms with Crippen LogP contribution >= 0.6 is 11.8 Å². The van der Waals surface area contributed by atoms with E-state index in [-0.39, 0.29) is 5.92 Å². The van der Waals surface area contributed by atoms with Crippen LogP contribution in [-0.2, 0) is 6.18 Å². The summed E-state index contributed by atoms with van der Waals surface area (Å²) in [7, 11) is 0. The maximum Gasteiger partial charge on any atom is 0.418 e. The quantitative estimate of drug-likeness (QED) is 0.775. The van der Waals surface area contributed by atoms with E-state index in [0.29, 0.717) is 23.3 Å². The predicted molar refractivity (Wildman–Crippen MR) is 70.7 cm³/mol. The van der Waals surface area contributed by atoms with Crippen molar-refractivity contribution < 1.29 is 18.0 Å². The Labute approximate surface area is 119 Å². The van der Waals surface area contributed by atoms with Gasteiger partial charge >= 0.3 is 6.18 Å². The van der Waals surface area contributed by atoms with Crippen LogP contribution in [0.4, 0.5) is 13.2 Å². The van der Waals surface area contributed by atoms with Crippen LogP contribution < -0.4 is 0 Å². The molecule has 0 aliphatic carbocycles. The minimum Gasteiger partial charge on any atom is -0.292 e. The molecule has 1 aromatic rings. The highest BCUT2D eigenvalue weighted by atomic mass is 32.2. The van der Waals surface area contributed by atoms with Crippen molar-refractivity contribution in [3.63, 3.8) is 0 Å². The smallest absolute Gasteiger partial charge is 0.292 e. The number of carbonyl (C=O) groups excluding carboxylic acids is 1. The minimum absolute atomic E-state index is 0.301. The second-order valence-corrected chi connectivity index (χ2v) is 6.99. The Hall–Kier alpha value is -1.04. The van der Waals surface area contributed by atoms with E-state index in [2.05, 4.69) is 4.98 Å². The lowest BCUT2D eigenvalue weighted by atomic mass is 9.91. The number of ketones is 1. The van der Waals surface area contributed by atoms with Crippen molar-refractivity contribution in [2.24, 2.45) is 5.92 Å². The molecule has 0 aromatic carbocycles. The Bertz CT molecular complexity index is 519. The summed E-state index contributed by atoms with van der Waals surface area (Å²) in [4.78, 5) is 16.1. The first-order chi connectivity index (χ1) is 9.45. The summed E-state index contributed by atoms with van der Waals surface area (Å²) in [5.41, 5.74) is -1.31. The number of alkyl halides is 3. The zero-order chi connectivity index (χ0) is 14.3. The number of hydrogen-bond acceptors (Lipinski definition) is 3. The van der Waals surface area contributed by atoms with Gasteiger partial charge in [0.2, 0.25) is 0 Å². The first-order valence-corrected chi connectivity index (χ1v) is 7.61. The second-order valence-electron chi connectivity index (χ2n) is 5.39. The van der Waals surface area contributed by atoms with Crippen molar-refractivity contribution in [2.45, 2.75) is 42.4 Å². The van der Waals surface area contributed by atoms with Crippen LogP contribution in [0, 0.1) is 5.92 Å². The fraction of sp³-hybridized carbons (Fsp3) is 0.571. The third-order valence-corrected chi connectivity index (χ3v) is 5.63. The van der Waals surface area contributed by atoms with Crippen molar-refractivity contribution in [1.82, 2.24) is 4.98 Å². The third-order valence-electron chi connectivity index (χ3n) is 4.01. The van der Waals surface area contributed by atoms with Gasteiger partial charge < -0.3 is 0 Å². The van der Waals surface area contributed by atoms with Crippen molar-refractivity contribution in [3.05, 3.63) is 29.6 Å². The van der Waals surface area contributed by atoms with Crippen molar-refractivity contribution in [2.75, 3.05) is 0 Å². The van der Waals surface area contributed by atoms with Crippen LogP contribution in [-0.4, -0.2) is 21.3 Å². The molecule has 2 aliphatic heterocycles. The van der Waals surface area contributed by atoms with Gasteiger partial charge in [-0.1, -0.05) is 0 Å². The van der Waals surface area contributed by atoms with E-state index in [1.54, 1.807) is 0 Å². The summed E-state index contributed by atoms with van der Waals surface area (Å²) >= 11 is 1.88. The molecule has 2 saturated heterocycles. The number of thioether (sulfide) groups is 1. The number of hydrogen-bond donors (Lipinski definition) is 0. The van der Waals surface area contributed by atoms with Crippen LogP contribution in [0.5, 0.6) is 0 Å². The largest absolute Gasteiger partial charge is 0.418 e. The van der Waals surface area contributed by atoms with Gasteiger partial charge in [0, 0.05) is 22.6 Å². The van der Waals surface area contributed by atoms with Crippen LogP contribution in [0.3, 0.4) is 0 Å². The summed E-state index contributed by atoms with van der Waals surface area (Å²) < 4.78 is 38.8. The lowest BCUT2D eigenvalue weighted by Crippen LogP contribution is -2.27. The van der Waals surface area contributed by atoms with Gasteiger partial charge in [-0.3, -0.25) is 9.78 Å². The number of carbonyl (C=O) groups is 1. The average Bonchev–Trinajstić information content (AvgIpc) is 2.75. The fourth-order valence-electron chi connectivity index (χ4n) is 3.10. The molecule has 0 amide bonds. The number of nitrogens with zero attached hydrogens (tertiary/aromatic N) is 1. The third kappa shape index (κ3) is 2.57. The molecule has 0 saturated carbocycles. The number of fused-ring (bicyclic) bond motifs is 2. The monoisotopic (exact) mass is 301 g/mol. The standard InChI is InChI=1S/C14H14F3NOS/c15-14(16,17)11-2-1-5-18-12(11)13(19)8-6-9-3-4-10(7-8)20-9/h1-2,5,8-10H,3-4,6-7H2. The maximum atomic E-state index is 12.9. The number of pyridine rings is 1. The first kappa shape index (κ1) is 13.9. The van der Waals surface area contributed by atoms with Gasteiger partial charge in [-0.25, -0.2) is 0 Å². The van der Waals surface area contributed by atoms with Crippen LogP contribution in [0.2, 0.25) is 0 Å². The minimum atomic E-state index is -4.53. The van der Waals surface area contributed by atoms with Crippen LogP contribution in [0.15, 0.2) is 18.3 Å². The molecule has 6 heteroatoms. The molecular formula is C14H14F3NOS. The van der Waals surface area contributed by atoms with E-state index in [1.165, 1.54) is 12.3 Å². The van der Waals surface area contributed by atoms with Gasteiger partial charge in [-0.2, -0.15) is 24.9 Å². The number of aromatic nitrogens is 1. The van der Waals surface area contributed by atoms with E-state index >= 15 is 0 Å². The molecule has 2 atom stereocenters. The molecule has 1 aromatic heterocycles. The number of Topliss-reactive ketones (excluding diaryl/α,β-unsaturated/α-hetero) is 1. The van der Waals surface area contributed by atoms with Gasteiger partial charge in [0.05, 0.1) is 5.56 Å². The zero-order valence-electron chi connectivity index (χ0n) is 10.7. The Kier molecular flexibility index (Phi) is 3.52. The second kappa shape index (κ2) is 5.06. The van der Waals surface area contributed by atoms with Gasteiger partial charge in [0.15, 0.2) is 5.78 Å². The van der Waals surface area contributed by atoms with E-state index in [9.17, 15) is 18.0 Å². The lowest BCUT2D eigenvalue weighted by molar-refractivity contribution is -0.138. The van der Waals surface area contributed by atoms with Crippen molar-refractivity contribution in [1.29, 1.82) is 0 Å². The predicted octanol–water partition coefficient (Wildman–Crippen LogP) is 3.96. The van der Waals surface area contributed by atoms with Crippen molar-refractivity contribution in [3.8, 4) is 0 Å². The highest BCUT2D eigenvalue weighted by Crippen LogP contribution is 2.47. The topological polar surface area (TPSA) is 30.0 Å². The Morgan fingerprint density at radius 2 is 1.90 bits per heavy atom. The summed E-state index contributed by atoms with van der Waals surface area (Å²) in [5.74, 6) is -0.736. The summed E-state index contributed by atoms with van der Waals surface area (Å²) in [6.45, 7) is 0. The molecule has 0 radical (unpaired) electrons. The average molecular weight is 301 g/mol. The fourth-order valence-corrected chi connectivity index (χ4v) is 4.87. The summed E-state index contributed by atoms with van der Waals surface area (Å²) in [5, 5.41) is 0.862. The normalized spacial score (nSPS) is 29.4. The molecule has 0 N–H and O–H groups in total. The van der Waals surface area contributed by atoms with Crippen LogP contribution in [0.25, 0.3) is 0 Å². The van der Waals surface area contributed by atoms with Gasteiger partial charge in [0.1, 0.15) is 5.69 Å². The lowest BCUT2D eigenvalue weighted by Gasteiger charge is -2.26. The Morgan fingerprint density at radius 1 is 1.25 bits per heavy atom. The van der Waals surface area contributed by atoms with E-state index in [4.69, 9.17) is 0 Å². The molecule has 3 heterocycles. The molecular weight excluding hydrogens is 287 g/mol. The van der Waals surface area contributed by atoms with Gasteiger partial charge in [0.25, 0.3) is 0 Å². The summed E-state index contributed by atoms with van der Waals surface area (Å²) in [6.07, 6.45) is 0.263. The highest BCUT2D eigenvalue weighted by molar-refractivity contribution is 8.00. The van der Waals surface area contributed by atoms with E-state index < -0.39 is 23.2 Å². The number of rotatable bonds is 2. The molecule has 108 valence electrons. The molecule has 2 bridgehead atoms. The molecule has 2 unspecified atom stereocenters. The number of halogens is 3. The molecule has 3 rings (SSSR count). The summed E-state index contributed by atoms with van der Waals surface area (Å²) in [6, 6.07) is 2.16. The molecule has 2 fully saturated rings. The maximum absolute atomic E-state index is 12.9. The van der Waals surface area contributed by atoms with Crippen molar-refractivity contribution >= 4 is 17.5 Å². The Balaban J connectivity index is 1.88. The van der Waals surface area contributed by atoms with Gasteiger partial charge in [-0.05, 0) is 37.8 Å². The molecule has 2 nitrogen and oxygen atoms in total.